The van der Waals surface area contributed by atoms with Gasteiger partial charge in [0.05, 0.1) is 7.11 Å². The molecule has 4 heteroatoms. The zero-order valence-corrected chi connectivity index (χ0v) is 10.4. The van der Waals surface area contributed by atoms with Gasteiger partial charge in [0, 0.05) is 37.8 Å². The number of piperazine rings is 1. The third-order valence-electron chi connectivity index (χ3n) is 3.40. The second kappa shape index (κ2) is 5.38. The lowest BCUT2D eigenvalue weighted by atomic mass is 10.0. The number of rotatable bonds is 3. The van der Waals surface area contributed by atoms with E-state index >= 15 is 0 Å². The van der Waals surface area contributed by atoms with Gasteiger partial charge in [-0.25, -0.2) is 0 Å². The molecule has 0 radical (unpaired) electrons. The molecule has 1 aromatic rings. The van der Waals surface area contributed by atoms with Gasteiger partial charge in [-0.05, 0) is 13.0 Å². The Balaban J connectivity index is 2.20. The van der Waals surface area contributed by atoms with E-state index in [0.717, 1.165) is 31.7 Å². The summed E-state index contributed by atoms with van der Waals surface area (Å²) in [6, 6.07) is 5.88. The number of ether oxygens (including phenoxy) is 1. The Morgan fingerprint density at radius 1 is 1.35 bits per heavy atom. The van der Waals surface area contributed by atoms with Crippen LogP contribution in [0.15, 0.2) is 18.2 Å². The highest BCUT2D eigenvalue weighted by atomic mass is 16.5. The second-order valence-corrected chi connectivity index (χ2v) is 4.36. The highest BCUT2D eigenvalue weighted by Crippen LogP contribution is 2.35. The van der Waals surface area contributed by atoms with E-state index in [0.29, 0.717) is 5.75 Å². The first-order valence-electron chi connectivity index (χ1n) is 6.04. The number of para-hydroxylation sites is 1. The third-order valence-corrected chi connectivity index (χ3v) is 3.40. The summed E-state index contributed by atoms with van der Waals surface area (Å²) < 4.78 is 5.14. The van der Waals surface area contributed by atoms with Gasteiger partial charge in [0.15, 0.2) is 11.5 Å². The average molecular weight is 236 g/mol. The predicted octanol–water partition coefficient (Wildman–Crippen LogP) is 1.37. The molecular formula is C13H20N2O2. The van der Waals surface area contributed by atoms with Crippen molar-refractivity contribution < 1.29 is 9.84 Å². The van der Waals surface area contributed by atoms with E-state index in [-0.39, 0.29) is 11.8 Å². The molecule has 2 N–H and O–H groups in total. The Hall–Kier alpha value is -1.26. The van der Waals surface area contributed by atoms with Crippen LogP contribution in [0.1, 0.15) is 18.5 Å². The van der Waals surface area contributed by atoms with Crippen molar-refractivity contribution in [3.8, 4) is 11.5 Å². The number of phenolic OH excluding ortho intramolecular Hbond substituents is 1. The SMILES string of the molecule is COc1cccc(C(C)N2CCNCC2)c1O. The number of benzene rings is 1. The van der Waals surface area contributed by atoms with Crippen molar-refractivity contribution in [2.24, 2.45) is 0 Å². The van der Waals surface area contributed by atoms with E-state index in [9.17, 15) is 5.11 Å². The Labute approximate surface area is 102 Å². The van der Waals surface area contributed by atoms with Gasteiger partial charge < -0.3 is 15.2 Å². The Morgan fingerprint density at radius 2 is 2.06 bits per heavy atom. The van der Waals surface area contributed by atoms with E-state index < -0.39 is 0 Å². The minimum absolute atomic E-state index is 0.215. The Bertz CT molecular complexity index is 376. The summed E-state index contributed by atoms with van der Waals surface area (Å²) in [5.74, 6) is 0.811. The van der Waals surface area contributed by atoms with Crippen LogP contribution in [0.25, 0.3) is 0 Å². The second-order valence-electron chi connectivity index (χ2n) is 4.36. The zero-order valence-electron chi connectivity index (χ0n) is 10.4. The Kier molecular flexibility index (Phi) is 3.86. The number of phenols is 1. The summed E-state index contributed by atoms with van der Waals surface area (Å²) in [4.78, 5) is 2.37. The summed E-state index contributed by atoms with van der Waals surface area (Å²) >= 11 is 0. The molecule has 1 fully saturated rings. The molecule has 1 heterocycles. The summed E-state index contributed by atoms with van der Waals surface area (Å²) in [6.45, 7) is 6.17. The van der Waals surface area contributed by atoms with Crippen molar-refractivity contribution in [3.63, 3.8) is 0 Å². The van der Waals surface area contributed by atoms with Crippen LogP contribution in [0.4, 0.5) is 0 Å². The zero-order chi connectivity index (χ0) is 12.3. The first kappa shape index (κ1) is 12.2. The normalized spacial score (nSPS) is 18.9. The smallest absolute Gasteiger partial charge is 0.162 e. The Morgan fingerprint density at radius 3 is 2.71 bits per heavy atom. The molecule has 0 saturated carbocycles. The van der Waals surface area contributed by atoms with Crippen LogP contribution in [-0.2, 0) is 0 Å². The largest absolute Gasteiger partial charge is 0.504 e. The molecule has 94 valence electrons. The molecule has 1 saturated heterocycles. The summed E-state index contributed by atoms with van der Waals surface area (Å²) in [7, 11) is 1.58. The lowest BCUT2D eigenvalue weighted by molar-refractivity contribution is 0.182. The van der Waals surface area contributed by atoms with E-state index in [1.165, 1.54) is 0 Å². The molecule has 1 aliphatic rings. The van der Waals surface area contributed by atoms with Crippen LogP contribution in [-0.4, -0.2) is 43.3 Å². The van der Waals surface area contributed by atoms with Gasteiger partial charge in [0.25, 0.3) is 0 Å². The molecule has 1 aliphatic heterocycles. The number of aromatic hydroxyl groups is 1. The minimum Gasteiger partial charge on any atom is -0.504 e. The van der Waals surface area contributed by atoms with Gasteiger partial charge in [0.2, 0.25) is 0 Å². The number of hydrogen-bond acceptors (Lipinski definition) is 4. The molecule has 1 unspecified atom stereocenters. The number of nitrogens with zero attached hydrogens (tertiary/aromatic N) is 1. The number of methoxy groups -OCH3 is 1. The lowest BCUT2D eigenvalue weighted by Gasteiger charge is -2.33. The van der Waals surface area contributed by atoms with Crippen LogP contribution >= 0.6 is 0 Å². The van der Waals surface area contributed by atoms with Crippen molar-refractivity contribution >= 4 is 0 Å². The molecule has 4 nitrogen and oxygen atoms in total. The van der Waals surface area contributed by atoms with Crippen molar-refractivity contribution in [2.45, 2.75) is 13.0 Å². The fourth-order valence-corrected chi connectivity index (χ4v) is 2.31. The van der Waals surface area contributed by atoms with Crippen LogP contribution in [0.5, 0.6) is 11.5 Å². The lowest BCUT2D eigenvalue weighted by Crippen LogP contribution is -2.44. The number of nitrogens with one attached hydrogen (secondary N) is 1. The van der Waals surface area contributed by atoms with E-state index in [1.807, 2.05) is 12.1 Å². The van der Waals surface area contributed by atoms with Gasteiger partial charge in [-0.3, -0.25) is 4.90 Å². The summed E-state index contributed by atoms with van der Waals surface area (Å²) in [6.07, 6.45) is 0. The maximum atomic E-state index is 10.1. The maximum absolute atomic E-state index is 10.1. The highest BCUT2D eigenvalue weighted by Gasteiger charge is 2.21. The van der Waals surface area contributed by atoms with Gasteiger partial charge in [-0.2, -0.15) is 0 Å². The first-order valence-corrected chi connectivity index (χ1v) is 6.04. The highest BCUT2D eigenvalue weighted by molar-refractivity contribution is 5.46. The molecule has 17 heavy (non-hydrogen) atoms. The van der Waals surface area contributed by atoms with Crippen LogP contribution in [0.2, 0.25) is 0 Å². The average Bonchev–Trinajstić information content (AvgIpc) is 2.39. The van der Waals surface area contributed by atoms with E-state index in [1.54, 1.807) is 13.2 Å². The van der Waals surface area contributed by atoms with Crippen LogP contribution < -0.4 is 10.1 Å². The first-order chi connectivity index (χ1) is 8.24. The van der Waals surface area contributed by atoms with Gasteiger partial charge in [0.1, 0.15) is 0 Å². The standard InChI is InChI=1S/C13H20N2O2/c1-10(15-8-6-14-7-9-15)11-4-3-5-12(17-2)13(11)16/h3-5,10,14,16H,6-9H2,1-2H3. The van der Waals surface area contributed by atoms with Crippen molar-refractivity contribution in [3.05, 3.63) is 23.8 Å². The van der Waals surface area contributed by atoms with Crippen LogP contribution in [0, 0.1) is 0 Å². The molecule has 0 amide bonds. The minimum atomic E-state index is 0.215. The van der Waals surface area contributed by atoms with Crippen LogP contribution in [0.3, 0.4) is 0 Å². The molecule has 0 aliphatic carbocycles. The molecule has 1 aromatic carbocycles. The monoisotopic (exact) mass is 236 g/mol. The molecule has 0 spiro atoms. The van der Waals surface area contributed by atoms with Gasteiger partial charge >= 0.3 is 0 Å². The topological polar surface area (TPSA) is 44.7 Å². The molecule has 0 aromatic heterocycles. The van der Waals surface area contributed by atoms with Crippen molar-refractivity contribution in [2.75, 3.05) is 33.3 Å². The third kappa shape index (κ3) is 2.53. The predicted molar refractivity (Wildman–Crippen MR) is 67.5 cm³/mol. The summed E-state index contributed by atoms with van der Waals surface area (Å²) in [5, 5.41) is 13.5. The van der Waals surface area contributed by atoms with E-state index in [2.05, 4.69) is 17.1 Å². The maximum Gasteiger partial charge on any atom is 0.162 e. The molecule has 0 bridgehead atoms. The fourth-order valence-electron chi connectivity index (χ4n) is 2.31. The van der Waals surface area contributed by atoms with Crippen molar-refractivity contribution in [1.29, 1.82) is 0 Å². The van der Waals surface area contributed by atoms with Gasteiger partial charge in [-0.1, -0.05) is 12.1 Å². The fraction of sp³-hybridized carbons (Fsp3) is 0.538. The van der Waals surface area contributed by atoms with Gasteiger partial charge in [-0.15, -0.1) is 0 Å². The molecule has 2 rings (SSSR count). The molecular weight excluding hydrogens is 216 g/mol. The number of hydrogen-bond donors (Lipinski definition) is 2. The summed E-state index contributed by atoms with van der Waals surface area (Å²) in [5.41, 5.74) is 0.936. The quantitative estimate of drug-likeness (QED) is 0.832. The van der Waals surface area contributed by atoms with Crippen molar-refractivity contribution in [1.82, 2.24) is 10.2 Å². The van der Waals surface area contributed by atoms with E-state index in [4.69, 9.17) is 4.74 Å². The molecule has 1 atom stereocenters.